The van der Waals surface area contributed by atoms with Gasteiger partial charge in [-0.15, -0.1) is 0 Å². The summed E-state index contributed by atoms with van der Waals surface area (Å²) in [5, 5.41) is 0. The Morgan fingerprint density at radius 3 is 2.26 bits per heavy atom. The minimum Gasteiger partial charge on any atom is -0.497 e. The van der Waals surface area contributed by atoms with Gasteiger partial charge in [-0.1, -0.05) is 30.3 Å². The van der Waals surface area contributed by atoms with Gasteiger partial charge in [-0.2, -0.15) is 0 Å². The van der Waals surface area contributed by atoms with Gasteiger partial charge in [0.15, 0.2) is 0 Å². The molecule has 0 N–H and O–H groups in total. The molecule has 1 saturated carbocycles. The molecular weight excluding hydrogens is 336 g/mol. The van der Waals surface area contributed by atoms with Gasteiger partial charge in [0.2, 0.25) is 5.91 Å². The highest BCUT2D eigenvalue weighted by Crippen LogP contribution is 2.44. The first-order valence-corrected chi connectivity index (χ1v) is 9.96. The van der Waals surface area contributed by atoms with Gasteiger partial charge in [-0.25, -0.2) is 0 Å². The summed E-state index contributed by atoms with van der Waals surface area (Å²) in [6.45, 7) is 3.38. The number of methoxy groups -OCH3 is 1. The lowest BCUT2D eigenvalue weighted by molar-refractivity contribution is -0.132. The van der Waals surface area contributed by atoms with Crippen molar-refractivity contribution in [2.24, 2.45) is 5.92 Å². The Balaban J connectivity index is 1.34. The lowest BCUT2D eigenvalue weighted by atomic mass is 9.90. The third-order valence-corrected chi connectivity index (χ3v) is 5.88. The topological polar surface area (TPSA) is 32.8 Å². The van der Waals surface area contributed by atoms with E-state index in [9.17, 15) is 4.79 Å². The van der Waals surface area contributed by atoms with Crippen molar-refractivity contribution in [2.75, 3.05) is 38.2 Å². The van der Waals surface area contributed by atoms with Crippen LogP contribution in [0.1, 0.15) is 30.7 Å². The predicted molar refractivity (Wildman–Crippen MR) is 108 cm³/mol. The molecule has 142 valence electrons. The molecule has 0 bridgehead atoms. The summed E-state index contributed by atoms with van der Waals surface area (Å²) in [6, 6.07) is 18.7. The molecular formula is C23H28N2O2. The summed E-state index contributed by atoms with van der Waals surface area (Å²) in [6.07, 6.45) is 3.17. The average Bonchev–Trinajstić information content (AvgIpc) is 3.58. The van der Waals surface area contributed by atoms with E-state index in [1.54, 1.807) is 7.11 Å². The number of carbonyl (C=O) groups excluding carboxylic acids is 1. The molecule has 4 nitrogen and oxygen atoms in total. The van der Waals surface area contributed by atoms with Crippen molar-refractivity contribution in [3.8, 4) is 5.75 Å². The van der Waals surface area contributed by atoms with Crippen molar-refractivity contribution in [3.05, 3.63) is 60.2 Å². The van der Waals surface area contributed by atoms with Crippen molar-refractivity contribution in [1.82, 2.24) is 4.90 Å². The van der Waals surface area contributed by atoms with E-state index < -0.39 is 0 Å². The monoisotopic (exact) mass is 364 g/mol. The van der Waals surface area contributed by atoms with Gasteiger partial charge < -0.3 is 14.5 Å². The standard InChI is InChI=1S/C23H28N2O2/c1-27-21-11-9-20(10-12-21)24-13-15-25(16-14-24)23(26)17-22(19-7-8-19)18-5-3-2-4-6-18/h2-6,9-12,19,22H,7-8,13-17H2,1H3. The summed E-state index contributed by atoms with van der Waals surface area (Å²) < 4.78 is 5.23. The van der Waals surface area contributed by atoms with Crippen LogP contribution in [0.2, 0.25) is 0 Å². The second-order valence-electron chi connectivity index (χ2n) is 7.62. The zero-order valence-corrected chi connectivity index (χ0v) is 16.0. The van der Waals surface area contributed by atoms with Gasteiger partial charge in [0.1, 0.15) is 5.75 Å². The van der Waals surface area contributed by atoms with Crippen LogP contribution in [-0.2, 0) is 4.79 Å². The number of amides is 1. The number of piperazine rings is 1. The number of nitrogens with zero attached hydrogens (tertiary/aromatic N) is 2. The Morgan fingerprint density at radius 2 is 1.67 bits per heavy atom. The number of hydrogen-bond donors (Lipinski definition) is 0. The number of carbonyl (C=O) groups is 1. The number of ether oxygens (including phenoxy) is 1. The van der Waals surface area contributed by atoms with Crippen LogP contribution >= 0.6 is 0 Å². The fourth-order valence-corrected chi connectivity index (χ4v) is 4.08. The maximum atomic E-state index is 12.9. The highest BCUT2D eigenvalue weighted by Gasteiger charge is 2.35. The molecule has 4 heteroatoms. The molecule has 0 aromatic heterocycles. The SMILES string of the molecule is COc1ccc(N2CCN(C(=O)CC(c3ccccc3)C3CC3)CC2)cc1. The largest absolute Gasteiger partial charge is 0.497 e. The normalized spacial score (nSPS) is 18.3. The van der Waals surface area contributed by atoms with E-state index in [0.29, 0.717) is 24.2 Å². The summed E-state index contributed by atoms with van der Waals surface area (Å²) in [5.74, 6) is 2.26. The molecule has 0 radical (unpaired) electrons. The van der Waals surface area contributed by atoms with E-state index in [0.717, 1.165) is 31.9 Å². The zero-order valence-electron chi connectivity index (χ0n) is 16.0. The molecule has 2 aromatic rings. The molecule has 1 atom stereocenters. The minimum absolute atomic E-state index is 0.310. The molecule has 27 heavy (non-hydrogen) atoms. The average molecular weight is 364 g/mol. The summed E-state index contributed by atoms with van der Waals surface area (Å²) in [4.78, 5) is 17.3. The van der Waals surface area contributed by atoms with Crippen molar-refractivity contribution in [1.29, 1.82) is 0 Å². The second-order valence-corrected chi connectivity index (χ2v) is 7.62. The van der Waals surface area contributed by atoms with Crippen molar-refractivity contribution in [3.63, 3.8) is 0 Å². The van der Waals surface area contributed by atoms with Crippen LogP contribution in [0.3, 0.4) is 0 Å². The van der Waals surface area contributed by atoms with Gasteiger partial charge in [0, 0.05) is 38.3 Å². The second kappa shape index (κ2) is 8.03. The fraction of sp³-hybridized carbons (Fsp3) is 0.435. The van der Waals surface area contributed by atoms with Crippen molar-refractivity contribution in [2.45, 2.75) is 25.2 Å². The Labute approximate surface area is 161 Å². The number of hydrogen-bond acceptors (Lipinski definition) is 3. The van der Waals surface area contributed by atoms with Crippen LogP contribution in [0.5, 0.6) is 5.75 Å². The maximum Gasteiger partial charge on any atom is 0.223 e. The fourth-order valence-electron chi connectivity index (χ4n) is 4.08. The molecule has 2 fully saturated rings. The third-order valence-electron chi connectivity index (χ3n) is 5.88. The van der Waals surface area contributed by atoms with Crippen LogP contribution in [0.25, 0.3) is 0 Å². The lowest BCUT2D eigenvalue weighted by Gasteiger charge is -2.36. The molecule has 4 rings (SSSR count). The van der Waals surface area contributed by atoms with Crippen LogP contribution < -0.4 is 9.64 Å². The van der Waals surface area contributed by atoms with Crippen molar-refractivity contribution < 1.29 is 9.53 Å². The lowest BCUT2D eigenvalue weighted by Crippen LogP contribution is -2.49. The Kier molecular flexibility index (Phi) is 5.33. The first-order chi connectivity index (χ1) is 13.2. The molecule has 0 spiro atoms. The van der Waals surface area contributed by atoms with E-state index in [1.165, 1.54) is 24.1 Å². The predicted octanol–water partition coefficient (Wildman–Crippen LogP) is 3.93. The summed E-state index contributed by atoms with van der Waals surface area (Å²) in [7, 11) is 1.68. The summed E-state index contributed by atoms with van der Waals surface area (Å²) >= 11 is 0. The molecule has 1 heterocycles. The van der Waals surface area contributed by atoms with E-state index >= 15 is 0 Å². The Morgan fingerprint density at radius 1 is 1.00 bits per heavy atom. The van der Waals surface area contributed by atoms with Crippen molar-refractivity contribution >= 4 is 11.6 Å². The molecule has 1 saturated heterocycles. The van der Waals surface area contributed by atoms with Crippen LogP contribution in [0.4, 0.5) is 5.69 Å². The molecule has 2 aliphatic rings. The smallest absolute Gasteiger partial charge is 0.223 e. The quantitative estimate of drug-likeness (QED) is 0.779. The van der Waals surface area contributed by atoms with Crippen LogP contribution in [0, 0.1) is 5.92 Å². The van der Waals surface area contributed by atoms with Gasteiger partial charge in [0.05, 0.1) is 7.11 Å². The van der Waals surface area contributed by atoms with Gasteiger partial charge >= 0.3 is 0 Å². The highest BCUT2D eigenvalue weighted by molar-refractivity contribution is 5.77. The molecule has 1 aliphatic carbocycles. The van der Waals surface area contributed by atoms with E-state index in [4.69, 9.17) is 4.74 Å². The first kappa shape index (κ1) is 17.9. The first-order valence-electron chi connectivity index (χ1n) is 9.96. The number of anilines is 1. The maximum absolute atomic E-state index is 12.9. The van der Waals surface area contributed by atoms with Gasteiger partial charge in [0.25, 0.3) is 0 Å². The molecule has 1 aliphatic heterocycles. The molecule has 2 aromatic carbocycles. The summed E-state index contributed by atoms with van der Waals surface area (Å²) in [5.41, 5.74) is 2.52. The Hall–Kier alpha value is -2.49. The number of rotatable bonds is 6. The Bertz CT molecular complexity index is 748. The minimum atomic E-state index is 0.310. The van der Waals surface area contributed by atoms with Crippen LogP contribution in [-0.4, -0.2) is 44.1 Å². The number of benzene rings is 2. The molecule has 1 unspecified atom stereocenters. The highest BCUT2D eigenvalue weighted by atomic mass is 16.5. The molecule has 1 amide bonds. The van der Waals surface area contributed by atoms with Gasteiger partial charge in [-0.3, -0.25) is 4.79 Å². The van der Waals surface area contributed by atoms with E-state index in [2.05, 4.69) is 46.2 Å². The van der Waals surface area contributed by atoms with E-state index in [-0.39, 0.29) is 0 Å². The van der Waals surface area contributed by atoms with Crippen LogP contribution in [0.15, 0.2) is 54.6 Å². The zero-order chi connectivity index (χ0) is 18.6. The third kappa shape index (κ3) is 4.26. The van der Waals surface area contributed by atoms with E-state index in [1.807, 2.05) is 18.2 Å². The van der Waals surface area contributed by atoms with Gasteiger partial charge in [-0.05, 0) is 54.5 Å².